The topological polar surface area (TPSA) is 52.6 Å². The Kier molecular flexibility index (Phi) is 3.64. The summed E-state index contributed by atoms with van der Waals surface area (Å²) in [4.78, 5) is 13.3. The molecule has 1 aromatic carbocycles. The van der Waals surface area contributed by atoms with Gasteiger partial charge in [-0.15, -0.1) is 0 Å². The lowest BCUT2D eigenvalue weighted by Gasteiger charge is -2.33. The number of anilines is 1. The molecule has 0 aromatic heterocycles. The maximum absolute atomic E-state index is 13.3. The molecule has 1 heterocycles. The monoisotopic (exact) mass is 288 g/mol. The molecule has 1 aliphatic rings. The number of carbonyl (C=O) groups excluding carboxylic acids is 1. The van der Waals surface area contributed by atoms with Crippen LogP contribution in [0.2, 0.25) is 0 Å². The van der Waals surface area contributed by atoms with Crippen molar-refractivity contribution in [3.05, 3.63) is 24.3 Å². The SMILES string of the molecule is CN(C(=O)C1(C(F)(F)F)CCNC1)c1cccc(O)c1. The second-order valence-electron chi connectivity index (χ2n) is 4.89. The van der Waals surface area contributed by atoms with Crippen LogP contribution in [-0.4, -0.2) is 37.3 Å². The average Bonchev–Trinajstić information content (AvgIpc) is 2.87. The molecule has 110 valence electrons. The molecule has 0 saturated carbocycles. The van der Waals surface area contributed by atoms with Gasteiger partial charge in [-0.2, -0.15) is 13.2 Å². The van der Waals surface area contributed by atoms with Gasteiger partial charge in [0.1, 0.15) is 5.75 Å². The van der Waals surface area contributed by atoms with Crippen molar-refractivity contribution in [1.82, 2.24) is 5.32 Å². The van der Waals surface area contributed by atoms with Crippen molar-refractivity contribution < 1.29 is 23.1 Å². The van der Waals surface area contributed by atoms with E-state index in [0.717, 1.165) is 4.90 Å². The fourth-order valence-corrected chi connectivity index (χ4v) is 2.38. The van der Waals surface area contributed by atoms with Gasteiger partial charge in [-0.05, 0) is 25.1 Å². The second-order valence-corrected chi connectivity index (χ2v) is 4.89. The molecule has 1 saturated heterocycles. The molecule has 2 rings (SSSR count). The number of benzene rings is 1. The Labute approximate surface area is 114 Å². The molecule has 2 N–H and O–H groups in total. The largest absolute Gasteiger partial charge is 0.508 e. The fourth-order valence-electron chi connectivity index (χ4n) is 2.38. The van der Waals surface area contributed by atoms with E-state index in [1.54, 1.807) is 0 Å². The molecule has 1 fully saturated rings. The van der Waals surface area contributed by atoms with Crippen LogP contribution in [0.25, 0.3) is 0 Å². The number of halogens is 3. The zero-order valence-corrected chi connectivity index (χ0v) is 10.9. The molecule has 0 radical (unpaired) electrons. The first kappa shape index (κ1) is 14.6. The van der Waals surface area contributed by atoms with E-state index in [2.05, 4.69) is 5.32 Å². The average molecular weight is 288 g/mol. The van der Waals surface area contributed by atoms with Gasteiger partial charge in [-0.3, -0.25) is 4.79 Å². The number of rotatable bonds is 2. The summed E-state index contributed by atoms with van der Waals surface area (Å²) < 4.78 is 39.9. The fraction of sp³-hybridized carbons (Fsp3) is 0.462. The van der Waals surface area contributed by atoms with Crippen LogP contribution in [0.4, 0.5) is 18.9 Å². The summed E-state index contributed by atoms with van der Waals surface area (Å²) in [7, 11) is 1.28. The van der Waals surface area contributed by atoms with Gasteiger partial charge in [0.2, 0.25) is 5.91 Å². The normalized spacial score (nSPS) is 22.8. The molecule has 0 aliphatic carbocycles. The molecular weight excluding hydrogens is 273 g/mol. The van der Waals surface area contributed by atoms with Gasteiger partial charge >= 0.3 is 6.18 Å². The predicted molar refractivity (Wildman–Crippen MR) is 67.5 cm³/mol. The number of carbonyl (C=O) groups is 1. The van der Waals surface area contributed by atoms with E-state index < -0.39 is 24.0 Å². The number of nitrogens with zero attached hydrogens (tertiary/aromatic N) is 1. The Morgan fingerprint density at radius 3 is 2.65 bits per heavy atom. The molecular formula is C13H15F3N2O2. The lowest BCUT2D eigenvalue weighted by Crippen LogP contribution is -2.52. The van der Waals surface area contributed by atoms with Gasteiger partial charge in [0, 0.05) is 25.3 Å². The van der Waals surface area contributed by atoms with Gasteiger partial charge in [-0.1, -0.05) is 6.07 Å². The molecule has 20 heavy (non-hydrogen) atoms. The first-order valence-corrected chi connectivity index (χ1v) is 6.12. The molecule has 0 bridgehead atoms. The van der Waals surface area contributed by atoms with Gasteiger partial charge in [0.05, 0.1) is 0 Å². The molecule has 4 nitrogen and oxygen atoms in total. The molecule has 1 unspecified atom stereocenters. The minimum absolute atomic E-state index is 0.104. The summed E-state index contributed by atoms with van der Waals surface area (Å²) in [5.74, 6) is -1.12. The smallest absolute Gasteiger partial charge is 0.404 e. The number of aromatic hydroxyl groups is 1. The number of hydrogen-bond acceptors (Lipinski definition) is 3. The van der Waals surface area contributed by atoms with E-state index in [9.17, 15) is 23.1 Å². The van der Waals surface area contributed by atoms with Crippen LogP contribution in [0.3, 0.4) is 0 Å². The lowest BCUT2D eigenvalue weighted by atomic mass is 9.84. The molecule has 7 heteroatoms. The van der Waals surface area contributed by atoms with E-state index >= 15 is 0 Å². The quantitative estimate of drug-likeness (QED) is 0.874. The Morgan fingerprint density at radius 1 is 1.45 bits per heavy atom. The van der Waals surface area contributed by atoms with Crippen LogP contribution in [-0.2, 0) is 4.79 Å². The molecule has 0 spiro atoms. The number of alkyl halides is 3. The molecule has 1 amide bonds. The summed E-state index contributed by atoms with van der Waals surface area (Å²) >= 11 is 0. The van der Waals surface area contributed by atoms with Crippen molar-refractivity contribution in [3.63, 3.8) is 0 Å². The van der Waals surface area contributed by atoms with Crippen LogP contribution in [0, 0.1) is 5.41 Å². The Balaban J connectivity index is 2.34. The first-order chi connectivity index (χ1) is 9.28. The number of phenols is 1. The van der Waals surface area contributed by atoms with Gasteiger partial charge in [0.25, 0.3) is 0 Å². The molecule has 1 aliphatic heterocycles. The van der Waals surface area contributed by atoms with E-state index in [1.807, 2.05) is 0 Å². The van der Waals surface area contributed by atoms with Gasteiger partial charge < -0.3 is 15.3 Å². The van der Waals surface area contributed by atoms with Crippen LogP contribution in [0.15, 0.2) is 24.3 Å². The molecule has 1 atom stereocenters. The minimum Gasteiger partial charge on any atom is -0.508 e. The number of nitrogens with one attached hydrogen (secondary N) is 1. The van der Waals surface area contributed by atoms with Crippen molar-refractivity contribution in [2.75, 3.05) is 25.0 Å². The summed E-state index contributed by atoms with van der Waals surface area (Å²) in [6.07, 6.45) is -4.89. The highest BCUT2D eigenvalue weighted by molar-refractivity contribution is 5.98. The summed E-state index contributed by atoms with van der Waals surface area (Å²) in [6.45, 7) is -0.266. The van der Waals surface area contributed by atoms with Crippen molar-refractivity contribution in [2.45, 2.75) is 12.6 Å². The third-order valence-corrected chi connectivity index (χ3v) is 3.63. The van der Waals surface area contributed by atoms with Crippen LogP contribution in [0.1, 0.15) is 6.42 Å². The van der Waals surface area contributed by atoms with E-state index in [0.29, 0.717) is 0 Å². The minimum atomic E-state index is -4.61. The Morgan fingerprint density at radius 2 is 2.15 bits per heavy atom. The van der Waals surface area contributed by atoms with E-state index in [4.69, 9.17) is 0 Å². The Hall–Kier alpha value is -1.76. The summed E-state index contributed by atoms with van der Waals surface area (Å²) in [5, 5.41) is 12.0. The highest BCUT2D eigenvalue weighted by Gasteiger charge is 2.62. The lowest BCUT2D eigenvalue weighted by molar-refractivity contribution is -0.214. The second kappa shape index (κ2) is 4.97. The van der Waals surface area contributed by atoms with E-state index in [1.165, 1.54) is 31.3 Å². The van der Waals surface area contributed by atoms with Crippen molar-refractivity contribution in [1.29, 1.82) is 0 Å². The third kappa shape index (κ3) is 2.33. The van der Waals surface area contributed by atoms with Gasteiger partial charge in [-0.25, -0.2) is 0 Å². The number of amides is 1. The summed E-state index contributed by atoms with van der Waals surface area (Å²) in [6, 6.07) is 5.59. The van der Waals surface area contributed by atoms with Crippen LogP contribution in [0.5, 0.6) is 5.75 Å². The maximum Gasteiger partial charge on any atom is 0.404 e. The zero-order valence-electron chi connectivity index (χ0n) is 10.9. The third-order valence-electron chi connectivity index (χ3n) is 3.63. The molecule has 1 aromatic rings. The van der Waals surface area contributed by atoms with E-state index in [-0.39, 0.29) is 24.4 Å². The zero-order chi connectivity index (χ0) is 15.0. The van der Waals surface area contributed by atoms with Crippen molar-refractivity contribution in [2.24, 2.45) is 5.41 Å². The van der Waals surface area contributed by atoms with Crippen LogP contribution >= 0.6 is 0 Å². The van der Waals surface area contributed by atoms with Crippen molar-refractivity contribution >= 4 is 11.6 Å². The summed E-state index contributed by atoms with van der Waals surface area (Å²) in [5.41, 5.74) is -2.17. The highest BCUT2D eigenvalue weighted by atomic mass is 19.4. The maximum atomic E-state index is 13.3. The first-order valence-electron chi connectivity index (χ1n) is 6.12. The number of hydrogen-bond donors (Lipinski definition) is 2. The van der Waals surface area contributed by atoms with Crippen LogP contribution < -0.4 is 10.2 Å². The number of phenolic OH excluding ortho intramolecular Hbond substituents is 1. The standard InChI is InChI=1S/C13H15F3N2O2/c1-18(9-3-2-4-10(19)7-9)11(20)12(13(14,15)16)5-6-17-8-12/h2-4,7,17,19H,5-6,8H2,1H3. The van der Waals surface area contributed by atoms with Crippen molar-refractivity contribution in [3.8, 4) is 5.75 Å². The van der Waals surface area contributed by atoms with Gasteiger partial charge in [0.15, 0.2) is 5.41 Å². The highest BCUT2D eigenvalue weighted by Crippen LogP contribution is 2.44. The predicted octanol–water partition coefficient (Wildman–Crippen LogP) is 1.90. The Bertz CT molecular complexity index is 511.